The molecule has 0 atom stereocenters. The summed E-state index contributed by atoms with van der Waals surface area (Å²) in [4.78, 5) is 11.8. The third kappa shape index (κ3) is 5.40. The number of rotatable bonds is 6. The molecule has 0 aliphatic carbocycles. The fraction of sp³-hybridized carbons (Fsp3) is 0.188. The van der Waals surface area contributed by atoms with E-state index in [1.54, 1.807) is 30.3 Å². The average molecular weight is 375 g/mol. The van der Waals surface area contributed by atoms with E-state index < -0.39 is 0 Å². The Labute approximate surface area is 149 Å². The van der Waals surface area contributed by atoms with E-state index in [2.05, 4.69) is 5.32 Å². The zero-order chi connectivity index (χ0) is 15.9. The molecular formula is C16H14Cl3NOS. The molecule has 0 saturated carbocycles. The van der Waals surface area contributed by atoms with Crippen LogP contribution >= 0.6 is 46.6 Å². The van der Waals surface area contributed by atoms with Gasteiger partial charge in [-0.2, -0.15) is 0 Å². The van der Waals surface area contributed by atoms with Crippen LogP contribution in [0.4, 0.5) is 0 Å². The summed E-state index contributed by atoms with van der Waals surface area (Å²) < 4.78 is 0. The van der Waals surface area contributed by atoms with Crippen LogP contribution in [-0.4, -0.2) is 11.7 Å². The van der Waals surface area contributed by atoms with Gasteiger partial charge in [-0.1, -0.05) is 53.0 Å². The van der Waals surface area contributed by atoms with Crippen LogP contribution in [0.5, 0.6) is 0 Å². The van der Waals surface area contributed by atoms with Crippen LogP contribution in [0.15, 0.2) is 42.5 Å². The van der Waals surface area contributed by atoms with Gasteiger partial charge in [0.2, 0.25) is 5.91 Å². The predicted molar refractivity (Wildman–Crippen MR) is 95.9 cm³/mol. The number of benzene rings is 2. The minimum Gasteiger partial charge on any atom is -0.351 e. The first kappa shape index (κ1) is 17.5. The van der Waals surface area contributed by atoms with Crippen LogP contribution in [0.3, 0.4) is 0 Å². The van der Waals surface area contributed by atoms with Crippen molar-refractivity contribution in [3.05, 3.63) is 68.7 Å². The Morgan fingerprint density at radius 1 is 1.00 bits per heavy atom. The molecule has 116 valence electrons. The van der Waals surface area contributed by atoms with Crippen LogP contribution < -0.4 is 5.32 Å². The maximum Gasteiger partial charge on any atom is 0.230 e. The normalized spacial score (nSPS) is 10.5. The van der Waals surface area contributed by atoms with Gasteiger partial charge in [0.15, 0.2) is 0 Å². The molecular weight excluding hydrogens is 361 g/mol. The number of nitrogens with one attached hydrogen (secondary N) is 1. The third-order valence-electron chi connectivity index (χ3n) is 2.94. The summed E-state index contributed by atoms with van der Waals surface area (Å²) in [6.07, 6.45) is 0. The molecule has 0 aliphatic rings. The molecule has 0 heterocycles. The molecule has 2 rings (SSSR count). The molecule has 6 heteroatoms. The van der Waals surface area contributed by atoms with Crippen LogP contribution in [-0.2, 0) is 17.1 Å². The summed E-state index contributed by atoms with van der Waals surface area (Å²) in [7, 11) is 0. The van der Waals surface area contributed by atoms with Gasteiger partial charge in [0.05, 0.1) is 5.75 Å². The Kier molecular flexibility index (Phi) is 6.90. The maximum atomic E-state index is 11.8. The highest BCUT2D eigenvalue weighted by molar-refractivity contribution is 7.99. The minimum absolute atomic E-state index is 0.0249. The second kappa shape index (κ2) is 8.68. The SMILES string of the molecule is O=C(CSCc1c(Cl)cccc1Cl)NCc1ccc(Cl)cc1. The van der Waals surface area contributed by atoms with Crippen LogP contribution in [0.25, 0.3) is 0 Å². The van der Waals surface area contributed by atoms with E-state index in [0.29, 0.717) is 33.1 Å². The first-order chi connectivity index (χ1) is 10.6. The monoisotopic (exact) mass is 373 g/mol. The summed E-state index contributed by atoms with van der Waals surface area (Å²) >= 11 is 19.5. The number of halogens is 3. The van der Waals surface area contributed by atoms with Crippen LogP contribution in [0.1, 0.15) is 11.1 Å². The smallest absolute Gasteiger partial charge is 0.230 e. The Morgan fingerprint density at radius 2 is 1.64 bits per heavy atom. The van der Waals surface area contributed by atoms with Crippen molar-refractivity contribution in [2.24, 2.45) is 0 Å². The number of carbonyl (C=O) groups excluding carboxylic acids is 1. The molecule has 2 aromatic rings. The first-order valence-corrected chi connectivity index (χ1v) is 8.87. The highest BCUT2D eigenvalue weighted by atomic mass is 35.5. The highest BCUT2D eigenvalue weighted by Gasteiger charge is 2.07. The molecule has 0 spiro atoms. The number of carbonyl (C=O) groups is 1. The maximum absolute atomic E-state index is 11.8. The van der Waals surface area contributed by atoms with Gasteiger partial charge < -0.3 is 5.32 Å². The van der Waals surface area contributed by atoms with Gasteiger partial charge in [0.1, 0.15) is 0 Å². The molecule has 2 nitrogen and oxygen atoms in total. The second-order valence-electron chi connectivity index (χ2n) is 4.60. The van der Waals surface area contributed by atoms with Crippen LogP contribution in [0, 0.1) is 0 Å². The minimum atomic E-state index is -0.0249. The summed E-state index contributed by atoms with van der Waals surface area (Å²) in [5.74, 6) is 0.935. The molecule has 0 aromatic heterocycles. The number of amides is 1. The van der Waals surface area contributed by atoms with Gasteiger partial charge in [-0.15, -0.1) is 11.8 Å². The Balaban J connectivity index is 1.75. The van der Waals surface area contributed by atoms with Crippen molar-refractivity contribution in [3.63, 3.8) is 0 Å². The zero-order valence-corrected chi connectivity index (χ0v) is 14.7. The van der Waals surface area contributed by atoms with E-state index in [-0.39, 0.29) is 5.91 Å². The average Bonchev–Trinajstić information content (AvgIpc) is 2.50. The van der Waals surface area contributed by atoms with Crippen molar-refractivity contribution < 1.29 is 4.79 Å². The van der Waals surface area contributed by atoms with E-state index in [9.17, 15) is 4.79 Å². The summed E-state index contributed by atoms with van der Waals surface area (Å²) in [6, 6.07) is 12.8. The van der Waals surface area contributed by atoms with Crippen molar-refractivity contribution in [2.45, 2.75) is 12.3 Å². The van der Waals surface area contributed by atoms with Crippen molar-refractivity contribution in [2.75, 3.05) is 5.75 Å². The molecule has 0 saturated heterocycles. The van der Waals surface area contributed by atoms with Crippen molar-refractivity contribution >= 4 is 52.5 Å². The molecule has 0 radical (unpaired) electrons. The molecule has 0 fully saturated rings. The van der Waals surface area contributed by atoms with Crippen molar-refractivity contribution in [3.8, 4) is 0 Å². The molecule has 1 N–H and O–H groups in total. The summed E-state index contributed by atoms with van der Waals surface area (Å²) in [5.41, 5.74) is 1.87. The van der Waals surface area contributed by atoms with Crippen molar-refractivity contribution in [1.82, 2.24) is 5.32 Å². The van der Waals surface area contributed by atoms with Gasteiger partial charge in [-0.25, -0.2) is 0 Å². The largest absolute Gasteiger partial charge is 0.351 e. The lowest BCUT2D eigenvalue weighted by atomic mass is 10.2. The van der Waals surface area contributed by atoms with Gasteiger partial charge in [0.25, 0.3) is 0 Å². The van der Waals surface area contributed by atoms with Gasteiger partial charge in [-0.05, 0) is 35.4 Å². The lowest BCUT2D eigenvalue weighted by Gasteiger charge is -2.08. The fourth-order valence-electron chi connectivity index (χ4n) is 1.77. The second-order valence-corrected chi connectivity index (χ2v) is 6.83. The van der Waals surface area contributed by atoms with E-state index in [1.807, 2.05) is 12.1 Å². The van der Waals surface area contributed by atoms with E-state index >= 15 is 0 Å². The van der Waals surface area contributed by atoms with Gasteiger partial charge in [-0.3, -0.25) is 4.79 Å². The Hall–Kier alpha value is -0.870. The first-order valence-electron chi connectivity index (χ1n) is 6.58. The summed E-state index contributed by atoms with van der Waals surface area (Å²) in [5, 5.41) is 4.80. The third-order valence-corrected chi connectivity index (χ3v) is 4.86. The molecule has 0 aliphatic heterocycles. The highest BCUT2D eigenvalue weighted by Crippen LogP contribution is 2.28. The van der Waals surface area contributed by atoms with Crippen molar-refractivity contribution in [1.29, 1.82) is 0 Å². The number of hydrogen-bond donors (Lipinski definition) is 1. The van der Waals surface area contributed by atoms with E-state index in [1.165, 1.54) is 11.8 Å². The lowest BCUT2D eigenvalue weighted by Crippen LogP contribution is -2.24. The lowest BCUT2D eigenvalue weighted by molar-refractivity contribution is -0.118. The van der Waals surface area contributed by atoms with E-state index in [4.69, 9.17) is 34.8 Å². The van der Waals surface area contributed by atoms with Gasteiger partial charge in [0, 0.05) is 27.4 Å². The zero-order valence-electron chi connectivity index (χ0n) is 11.6. The molecule has 0 bridgehead atoms. The predicted octanol–water partition coefficient (Wildman–Crippen LogP) is 5.20. The molecule has 22 heavy (non-hydrogen) atoms. The summed E-state index contributed by atoms with van der Waals surface area (Å²) in [6.45, 7) is 0.489. The number of thioether (sulfide) groups is 1. The number of hydrogen-bond acceptors (Lipinski definition) is 2. The van der Waals surface area contributed by atoms with Crippen LogP contribution in [0.2, 0.25) is 15.1 Å². The molecule has 2 aromatic carbocycles. The Bertz CT molecular complexity index is 626. The quantitative estimate of drug-likeness (QED) is 0.753. The topological polar surface area (TPSA) is 29.1 Å². The fourth-order valence-corrected chi connectivity index (χ4v) is 3.49. The van der Waals surface area contributed by atoms with Gasteiger partial charge >= 0.3 is 0 Å². The Morgan fingerprint density at radius 3 is 2.27 bits per heavy atom. The molecule has 1 amide bonds. The molecule has 0 unspecified atom stereocenters. The standard InChI is InChI=1S/C16H14Cl3NOS/c17-12-6-4-11(5-7-12)8-20-16(21)10-22-9-13-14(18)2-1-3-15(13)19/h1-7H,8-10H2,(H,20,21). The van der Waals surface area contributed by atoms with E-state index in [0.717, 1.165) is 11.1 Å².